The van der Waals surface area contributed by atoms with Crippen molar-refractivity contribution in [1.82, 2.24) is 0 Å². The Labute approximate surface area is 119 Å². The molecule has 2 nitrogen and oxygen atoms in total. The Bertz CT molecular complexity index is 433. The quantitative estimate of drug-likeness (QED) is 0.748. The highest BCUT2D eigenvalue weighted by Crippen LogP contribution is 2.37. The van der Waals surface area contributed by atoms with E-state index in [0.717, 1.165) is 6.61 Å². The van der Waals surface area contributed by atoms with Gasteiger partial charge in [0.15, 0.2) is 8.32 Å². The van der Waals surface area contributed by atoms with Gasteiger partial charge >= 0.3 is 0 Å². The molecule has 0 spiro atoms. The molecule has 0 N–H and O–H groups in total. The minimum Gasteiger partial charge on any atom is -0.412 e. The lowest BCUT2D eigenvalue weighted by Crippen LogP contribution is -2.40. The summed E-state index contributed by atoms with van der Waals surface area (Å²) >= 11 is 0. The van der Waals surface area contributed by atoms with Crippen molar-refractivity contribution in [3.8, 4) is 0 Å². The van der Waals surface area contributed by atoms with Gasteiger partial charge in [-0.25, -0.2) is 0 Å². The van der Waals surface area contributed by atoms with Gasteiger partial charge in [0.05, 0.1) is 6.61 Å². The van der Waals surface area contributed by atoms with Gasteiger partial charge in [0.25, 0.3) is 0 Å². The van der Waals surface area contributed by atoms with E-state index in [0.29, 0.717) is 0 Å². The van der Waals surface area contributed by atoms with Gasteiger partial charge in [-0.1, -0.05) is 32.9 Å². The first-order valence-electron chi connectivity index (χ1n) is 6.96. The molecule has 0 aliphatic heterocycles. The lowest BCUT2D eigenvalue weighted by molar-refractivity contribution is 0.276. The van der Waals surface area contributed by atoms with E-state index in [1.165, 1.54) is 16.8 Å². The predicted molar refractivity (Wildman–Crippen MR) is 87.5 cm³/mol. The smallest absolute Gasteiger partial charge is 0.192 e. The van der Waals surface area contributed by atoms with Crippen LogP contribution < -0.4 is 4.90 Å². The summed E-state index contributed by atoms with van der Waals surface area (Å²) in [6.45, 7) is 14.3. The zero-order valence-electron chi connectivity index (χ0n) is 13.8. The third-order valence-corrected chi connectivity index (χ3v) is 8.73. The second-order valence-electron chi connectivity index (χ2n) is 7.02. The van der Waals surface area contributed by atoms with Crippen LogP contribution in [0.2, 0.25) is 18.1 Å². The Hall–Kier alpha value is -0.803. The fraction of sp³-hybridized carbons (Fsp3) is 0.625. The predicted octanol–water partition coefficient (Wildman–Crippen LogP) is 4.58. The summed E-state index contributed by atoms with van der Waals surface area (Å²) in [6, 6.07) is 6.44. The number of anilines is 1. The number of benzene rings is 1. The van der Waals surface area contributed by atoms with Gasteiger partial charge < -0.3 is 9.33 Å². The summed E-state index contributed by atoms with van der Waals surface area (Å²) in [7, 11) is 2.49. The van der Waals surface area contributed by atoms with Crippen LogP contribution in [-0.2, 0) is 11.0 Å². The molecular formula is C16H29NOSi. The van der Waals surface area contributed by atoms with Crippen LogP contribution in [-0.4, -0.2) is 22.4 Å². The van der Waals surface area contributed by atoms with E-state index < -0.39 is 8.32 Å². The Morgan fingerprint density at radius 1 is 1.16 bits per heavy atom. The van der Waals surface area contributed by atoms with Crippen LogP contribution in [0.1, 0.15) is 31.9 Å². The molecule has 0 heterocycles. The van der Waals surface area contributed by atoms with Gasteiger partial charge in [-0.15, -0.1) is 0 Å². The van der Waals surface area contributed by atoms with E-state index in [2.05, 4.69) is 78.0 Å². The minimum absolute atomic E-state index is 0.258. The van der Waals surface area contributed by atoms with Gasteiger partial charge in [0.1, 0.15) is 0 Å². The second kappa shape index (κ2) is 5.67. The molecule has 0 fully saturated rings. The molecule has 0 bridgehead atoms. The van der Waals surface area contributed by atoms with Crippen molar-refractivity contribution in [2.24, 2.45) is 0 Å². The van der Waals surface area contributed by atoms with Crippen molar-refractivity contribution < 1.29 is 4.43 Å². The van der Waals surface area contributed by atoms with E-state index in [4.69, 9.17) is 4.43 Å². The molecule has 0 aliphatic carbocycles. The molecule has 1 aromatic carbocycles. The standard InChI is InChI=1S/C16H29NOSi/c1-13-10-9-11-15(17(5)6)14(13)12-18-19(7,8)16(2,3)4/h9-11H,12H2,1-8H3. The Balaban J connectivity index is 2.95. The highest BCUT2D eigenvalue weighted by atomic mass is 28.4. The van der Waals surface area contributed by atoms with Crippen molar-refractivity contribution in [2.45, 2.75) is 52.4 Å². The van der Waals surface area contributed by atoms with Gasteiger partial charge in [0.2, 0.25) is 0 Å². The summed E-state index contributed by atoms with van der Waals surface area (Å²) in [5, 5.41) is 0.258. The van der Waals surface area contributed by atoms with Crippen molar-refractivity contribution in [2.75, 3.05) is 19.0 Å². The molecule has 0 saturated heterocycles. The maximum absolute atomic E-state index is 6.36. The van der Waals surface area contributed by atoms with Gasteiger partial charge in [0, 0.05) is 25.3 Å². The first-order valence-corrected chi connectivity index (χ1v) is 9.87. The van der Waals surface area contributed by atoms with E-state index >= 15 is 0 Å². The molecule has 19 heavy (non-hydrogen) atoms. The first kappa shape index (κ1) is 16.3. The summed E-state index contributed by atoms with van der Waals surface area (Å²) < 4.78 is 6.36. The van der Waals surface area contributed by atoms with Crippen molar-refractivity contribution in [3.63, 3.8) is 0 Å². The fourth-order valence-electron chi connectivity index (χ4n) is 1.76. The second-order valence-corrected chi connectivity index (χ2v) is 11.8. The third-order valence-electron chi connectivity index (χ3n) is 4.25. The number of nitrogens with zero attached hydrogens (tertiary/aromatic N) is 1. The molecule has 0 aromatic heterocycles. The third kappa shape index (κ3) is 3.83. The van der Waals surface area contributed by atoms with Gasteiger partial charge in [-0.3, -0.25) is 0 Å². The van der Waals surface area contributed by atoms with Crippen molar-refractivity contribution >= 4 is 14.0 Å². The topological polar surface area (TPSA) is 12.5 Å². The maximum Gasteiger partial charge on any atom is 0.192 e. The Morgan fingerprint density at radius 2 is 1.74 bits per heavy atom. The highest BCUT2D eigenvalue weighted by molar-refractivity contribution is 6.74. The molecule has 3 heteroatoms. The molecule has 0 amide bonds. The van der Waals surface area contributed by atoms with Crippen LogP contribution >= 0.6 is 0 Å². The minimum atomic E-state index is -1.69. The van der Waals surface area contributed by atoms with Gasteiger partial charge in [-0.2, -0.15) is 0 Å². The van der Waals surface area contributed by atoms with Crippen LogP contribution in [0, 0.1) is 6.92 Å². The lowest BCUT2D eigenvalue weighted by atomic mass is 10.1. The van der Waals surface area contributed by atoms with Crippen LogP contribution in [0.4, 0.5) is 5.69 Å². The molecule has 1 aromatic rings. The summed E-state index contributed by atoms with van der Waals surface area (Å²) in [5.74, 6) is 0. The van der Waals surface area contributed by atoms with E-state index in [1.54, 1.807) is 0 Å². The first-order chi connectivity index (χ1) is 8.56. The number of rotatable bonds is 4. The highest BCUT2D eigenvalue weighted by Gasteiger charge is 2.37. The van der Waals surface area contributed by atoms with E-state index in [-0.39, 0.29) is 5.04 Å². The number of hydrogen-bond donors (Lipinski definition) is 0. The number of aryl methyl sites for hydroxylation is 1. The molecule has 0 aliphatic rings. The van der Waals surface area contributed by atoms with E-state index in [9.17, 15) is 0 Å². The number of hydrogen-bond acceptors (Lipinski definition) is 2. The van der Waals surface area contributed by atoms with Gasteiger partial charge in [-0.05, 0) is 36.7 Å². The monoisotopic (exact) mass is 279 g/mol. The molecule has 1 rings (SSSR count). The summed E-state index contributed by atoms with van der Waals surface area (Å²) in [5.41, 5.74) is 3.89. The van der Waals surface area contributed by atoms with Crippen LogP contribution in [0.5, 0.6) is 0 Å². The lowest BCUT2D eigenvalue weighted by Gasteiger charge is -2.36. The normalized spacial score (nSPS) is 12.6. The van der Waals surface area contributed by atoms with Crippen LogP contribution in [0.15, 0.2) is 18.2 Å². The molecular weight excluding hydrogens is 250 g/mol. The van der Waals surface area contributed by atoms with Crippen molar-refractivity contribution in [1.29, 1.82) is 0 Å². The average molecular weight is 280 g/mol. The molecule has 0 atom stereocenters. The largest absolute Gasteiger partial charge is 0.412 e. The SMILES string of the molecule is Cc1cccc(N(C)C)c1CO[Si](C)(C)C(C)(C)C. The summed E-state index contributed by atoms with van der Waals surface area (Å²) in [6.07, 6.45) is 0. The van der Waals surface area contributed by atoms with Crippen LogP contribution in [0.25, 0.3) is 0 Å². The van der Waals surface area contributed by atoms with E-state index in [1.807, 2.05) is 0 Å². The van der Waals surface area contributed by atoms with Crippen LogP contribution in [0.3, 0.4) is 0 Å². The zero-order chi connectivity index (χ0) is 14.8. The molecule has 0 saturated carbocycles. The summed E-state index contributed by atoms with van der Waals surface area (Å²) in [4.78, 5) is 2.16. The Morgan fingerprint density at radius 3 is 2.21 bits per heavy atom. The average Bonchev–Trinajstić information content (AvgIpc) is 2.25. The van der Waals surface area contributed by atoms with Crippen molar-refractivity contribution in [3.05, 3.63) is 29.3 Å². The zero-order valence-corrected chi connectivity index (χ0v) is 14.8. The Kier molecular flexibility index (Phi) is 4.85. The maximum atomic E-state index is 6.36. The fourth-order valence-corrected chi connectivity index (χ4v) is 2.70. The molecule has 0 unspecified atom stereocenters. The molecule has 108 valence electrons. The molecule has 0 radical (unpaired) electrons.